The van der Waals surface area contributed by atoms with Crippen LogP contribution < -0.4 is 11.2 Å². The number of aryl methyl sites for hydroxylation is 1. The maximum atomic E-state index is 11.5. The number of nitrogens with one attached hydrogen (secondary N) is 1. The standard InChI is InChI=1S/C7H7ClN4O2.Na/c1-11-4-3(9-6(8)10-4)5(13)12(2)7(11)14;/h1-2H3,(H,9,10);. The van der Waals surface area contributed by atoms with Crippen LogP contribution in [0.5, 0.6) is 0 Å². The molecule has 0 aliphatic heterocycles. The van der Waals surface area contributed by atoms with E-state index in [9.17, 15) is 9.59 Å². The second-order valence-electron chi connectivity index (χ2n) is 2.93. The molecule has 0 fully saturated rings. The van der Waals surface area contributed by atoms with E-state index in [0.717, 1.165) is 4.57 Å². The number of H-pyrrole nitrogens is 1. The zero-order chi connectivity index (χ0) is 10.5. The third-order valence-electron chi connectivity index (χ3n) is 2.07. The first kappa shape index (κ1) is 12.5. The molecule has 1 radical (unpaired) electrons. The molecular weight excluding hydrogens is 231 g/mol. The second kappa shape index (κ2) is 4.13. The summed E-state index contributed by atoms with van der Waals surface area (Å²) in [6.07, 6.45) is 0. The van der Waals surface area contributed by atoms with E-state index in [1.807, 2.05) is 0 Å². The fourth-order valence-electron chi connectivity index (χ4n) is 1.30. The van der Waals surface area contributed by atoms with Gasteiger partial charge in [-0.15, -0.1) is 0 Å². The number of aromatic nitrogens is 4. The van der Waals surface area contributed by atoms with Crippen molar-refractivity contribution >= 4 is 52.3 Å². The molecule has 2 heterocycles. The minimum atomic E-state index is -0.428. The van der Waals surface area contributed by atoms with Crippen molar-refractivity contribution in [2.45, 2.75) is 0 Å². The Morgan fingerprint density at radius 1 is 1.27 bits per heavy atom. The van der Waals surface area contributed by atoms with Gasteiger partial charge in [0.05, 0.1) is 0 Å². The van der Waals surface area contributed by atoms with Gasteiger partial charge >= 0.3 is 5.69 Å². The van der Waals surface area contributed by atoms with E-state index < -0.39 is 11.2 Å². The van der Waals surface area contributed by atoms with Crippen molar-refractivity contribution in [2.75, 3.05) is 0 Å². The van der Waals surface area contributed by atoms with Gasteiger partial charge in [-0.1, -0.05) is 0 Å². The van der Waals surface area contributed by atoms with E-state index in [-0.39, 0.29) is 46.0 Å². The monoisotopic (exact) mass is 237 g/mol. The fourth-order valence-corrected chi connectivity index (χ4v) is 1.47. The Kier molecular flexibility index (Phi) is 3.44. The van der Waals surface area contributed by atoms with Crippen LogP contribution in [0, 0.1) is 0 Å². The van der Waals surface area contributed by atoms with Gasteiger partial charge in [0.2, 0.25) is 5.28 Å². The van der Waals surface area contributed by atoms with E-state index in [1.54, 1.807) is 0 Å². The van der Waals surface area contributed by atoms with Crippen molar-refractivity contribution < 1.29 is 0 Å². The number of rotatable bonds is 0. The maximum Gasteiger partial charge on any atom is 0.332 e. The zero-order valence-corrected chi connectivity index (χ0v) is 11.3. The molecule has 15 heavy (non-hydrogen) atoms. The Morgan fingerprint density at radius 2 is 1.87 bits per heavy atom. The summed E-state index contributed by atoms with van der Waals surface area (Å²) in [6, 6.07) is 0. The minimum Gasteiger partial charge on any atom is -0.323 e. The summed E-state index contributed by atoms with van der Waals surface area (Å²) < 4.78 is 2.26. The van der Waals surface area contributed by atoms with Gasteiger partial charge in [0.1, 0.15) is 0 Å². The van der Waals surface area contributed by atoms with Crippen LogP contribution in [0.25, 0.3) is 11.2 Å². The summed E-state index contributed by atoms with van der Waals surface area (Å²) >= 11 is 5.60. The van der Waals surface area contributed by atoms with Gasteiger partial charge in [-0.25, -0.2) is 4.79 Å². The van der Waals surface area contributed by atoms with Crippen molar-refractivity contribution in [2.24, 2.45) is 14.1 Å². The molecule has 0 aliphatic carbocycles. The molecule has 0 aliphatic rings. The van der Waals surface area contributed by atoms with Crippen LogP contribution in [0.15, 0.2) is 9.59 Å². The van der Waals surface area contributed by atoms with Crippen LogP contribution in [-0.4, -0.2) is 48.7 Å². The number of nitrogens with zero attached hydrogens (tertiary/aromatic N) is 3. The molecule has 0 unspecified atom stereocenters. The molecule has 75 valence electrons. The van der Waals surface area contributed by atoms with E-state index in [1.165, 1.54) is 18.7 Å². The van der Waals surface area contributed by atoms with Gasteiger partial charge in [0.25, 0.3) is 5.56 Å². The van der Waals surface area contributed by atoms with Crippen LogP contribution in [0.3, 0.4) is 0 Å². The largest absolute Gasteiger partial charge is 0.332 e. The topological polar surface area (TPSA) is 72.7 Å². The molecule has 6 nitrogen and oxygen atoms in total. The third kappa shape index (κ3) is 1.78. The van der Waals surface area contributed by atoms with Crippen LogP contribution in [-0.2, 0) is 14.1 Å². The van der Waals surface area contributed by atoms with Crippen LogP contribution in [0.2, 0.25) is 5.28 Å². The first-order valence-corrected chi connectivity index (χ1v) is 4.21. The second-order valence-corrected chi connectivity index (χ2v) is 3.29. The number of hydrogen-bond acceptors (Lipinski definition) is 3. The molecule has 1 N–H and O–H groups in total. The SMILES string of the molecule is Cn1c(=O)c2[nH]c(Cl)nc2n(C)c1=O.[Na]. The number of fused-ring (bicyclic) bond motifs is 1. The molecule has 0 aromatic carbocycles. The van der Waals surface area contributed by atoms with Gasteiger partial charge < -0.3 is 4.98 Å². The van der Waals surface area contributed by atoms with Crippen LogP contribution in [0.1, 0.15) is 0 Å². The number of aromatic amines is 1. The van der Waals surface area contributed by atoms with Gasteiger partial charge in [-0.05, 0) is 11.6 Å². The van der Waals surface area contributed by atoms with Gasteiger partial charge in [0, 0.05) is 43.7 Å². The molecule has 8 heteroatoms. The molecule has 2 rings (SSSR count). The van der Waals surface area contributed by atoms with Gasteiger partial charge in [-0.2, -0.15) is 4.98 Å². The normalized spacial score (nSPS) is 10.3. The van der Waals surface area contributed by atoms with Crippen molar-refractivity contribution in [1.29, 1.82) is 0 Å². The first-order valence-electron chi connectivity index (χ1n) is 3.83. The summed E-state index contributed by atoms with van der Waals surface area (Å²) in [5, 5.41) is 0.0956. The Hall–Kier alpha value is -0.560. The molecule has 0 saturated carbocycles. The maximum absolute atomic E-state index is 11.5. The van der Waals surface area contributed by atoms with Gasteiger partial charge in [0.15, 0.2) is 11.2 Å². The summed E-state index contributed by atoms with van der Waals surface area (Å²) in [5.41, 5.74) is -0.351. The first-order chi connectivity index (χ1) is 6.52. The van der Waals surface area contributed by atoms with E-state index in [4.69, 9.17) is 11.6 Å². The van der Waals surface area contributed by atoms with E-state index in [2.05, 4.69) is 9.97 Å². The number of halogens is 1. The summed E-state index contributed by atoms with van der Waals surface area (Å²) in [5.74, 6) is 0. The van der Waals surface area contributed by atoms with Crippen molar-refractivity contribution in [3.05, 3.63) is 26.1 Å². The number of hydrogen-bond donors (Lipinski definition) is 1. The van der Waals surface area contributed by atoms with Crippen LogP contribution >= 0.6 is 11.6 Å². The molecule has 0 spiro atoms. The van der Waals surface area contributed by atoms with Crippen molar-refractivity contribution in [1.82, 2.24) is 19.1 Å². The smallest absolute Gasteiger partial charge is 0.323 e. The molecule has 2 aromatic heterocycles. The summed E-state index contributed by atoms with van der Waals surface area (Å²) in [4.78, 5) is 29.4. The summed E-state index contributed by atoms with van der Waals surface area (Å²) in [7, 11) is 2.93. The molecular formula is C7H7ClN4NaO2. The van der Waals surface area contributed by atoms with Crippen molar-refractivity contribution in [3.8, 4) is 0 Å². The van der Waals surface area contributed by atoms with Gasteiger partial charge in [-0.3, -0.25) is 13.9 Å². The predicted octanol–water partition coefficient (Wildman–Crippen LogP) is -0.767. The molecule has 0 atom stereocenters. The summed E-state index contributed by atoms with van der Waals surface area (Å²) in [6.45, 7) is 0. The van der Waals surface area contributed by atoms with E-state index in [0.29, 0.717) is 0 Å². The van der Waals surface area contributed by atoms with Crippen LogP contribution in [0.4, 0.5) is 0 Å². The minimum absolute atomic E-state index is 0. The Bertz CT molecular complexity index is 626. The average Bonchev–Trinajstić information content (AvgIpc) is 2.54. The van der Waals surface area contributed by atoms with Crippen molar-refractivity contribution in [3.63, 3.8) is 0 Å². The molecule has 2 aromatic rings. The average molecular weight is 238 g/mol. The third-order valence-corrected chi connectivity index (χ3v) is 2.24. The molecule has 0 saturated heterocycles. The Balaban J connectivity index is 0.00000112. The molecule has 0 bridgehead atoms. The number of imidazole rings is 1. The Morgan fingerprint density at radius 3 is 2.47 bits per heavy atom. The molecule has 0 amide bonds. The fraction of sp³-hybridized carbons (Fsp3) is 0.286. The Labute approximate surface area is 111 Å². The quantitative estimate of drug-likeness (QED) is 0.483. The zero-order valence-electron chi connectivity index (χ0n) is 8.54. The predicted molar refractivity (Wildman–Crippen MR) is 57.3 cm³/mol. The van der Waals surface area contributed by atoms with E-state index >= 15 is 0 Å².